The Morgan fingerprint density at radius 1 is 1.29 bits per heavy atom. The molecule has 0 radical (unpaired) electrons. The number of carboxylic acid groups (broad SMARTS) is 1. The Bertz CT molecular complexity index is 425. The van der Waals surface area contributed by atoms with Crippen LogP contribution in [0.15, 0.2) is 0 Å². The van der Waals surface area contributed by atoms with Gasteiger partial charge in [-0.3, -0.25) is 14.1 Å². The van der Waals surface area contributed by atoms with Crippen LogP contribution in [0.5, 0.6) is 0 Å². The molecule has 4 N–H and O–H groups in total. The third-order valence-corrected chi connectivity index (χ3v) is 2.63. The Balaban J connectivity index is 4.90. The lowest BCUT2D eigenvalue weighted by atomic mass is 10.3. The Morgan fingerprint density at radius 3 is 2.06 bits per heavy atom. The highest BCUT2D eigenvalue weighted by Gasteiger charge is 2.36. The van der Waals surface area contributed by atoms with Gasteiger partial charge in [0.15, 0.2) is 5.25 Å². The van der Waals surface area contributed by atoms with Crippen molar-refractivity contribution in [2.45, 2.75) is 24.6 Å². The molecule has 2 atom stereocenters. The van der Waals surface area contributed by atoms with E-state index >= 15 is 0 Å². The molecular weight excluding hydrogens is 258 g/mol. The van der Waals surface area contributed by atoms with Gasteiger partial charge in [-0.05, 0) is 6.92 Å². The molecule has 98 valence electrons. The van der Waals surface area contributed by atoms with Crippen molar-refractivity contribution in [1.29, 1.82) is 0 Å². The van der Waals surface area contributed by atoms with Crippen molar-refractivity contribution >= 4 is 28.0 Å². The molecule has 0 fully saturated rings. The van der Waals surface area contributed by atoms with Crippen LogP contribution in [0.2, 0.25) is 0 Å². The zero-order valence-electron chi connectivity index (χ0n) is 8.69. The number of hydrogen-bond donors (Lipinski definition) is 3. The normalized spacial score (nSPS) is 14.8. The van der Waals surface area contributed by atoms with E-state index in [9.17, 15) is 22.8 Å². The molecule has 0 aliphatic rings. The summed E-state index contributed by atoms with van der Waals surface area (Å²) < 4.78 is 34.0. The van der Waals surface area contributed by atoms with E-state index in [-0.39, 0.29) is 0 Å². The van der Waals surface area contributed by atoms with Crippen molar-refractivity contribution < 1.29 is 37.2 Å². The van der Waals surface area contributed by atoms with Crippen molar-refractivity contribution in [1.82, 2.24) is 0 Å². The number of carbonyl (C=O) groups is 3. The van der Waals surface area contributed by atoms with Crippen LogP contribution in [0, 0.1) is 0 Å². The average Bonchev–Trinajstić information content (AvgIpc) is 2.11. The lowest BCUT2D eigenvalue weighted by Gasteiger charge is -2.11. The first-order valence-corrected chi connectivity index (χ1v) is 5.75. The Morgan fingerprint density at radius 2 is 1.76 bits per heavy atom. The average molecular weight is 269 g/mol. The van der Waals surface area contributed by atoms with Crippen molar-refractivity contribution in [2.75, 3.05) is 0 Å². The van der Waals surface area contributed by atoms with E-state index in [1.807, 2.05) is 0 Å². The van der Waals surface area contributed by atoms with E-state index in [0.29, 0.717) is 0 Å². The maximum atomic E-state index is 11.1. The van der Waals surface area contributed by atoms with Gasteiger partial charge in [-0.15, -0.1) is 0 Å². The molecule has 2 unspecified atom stereocenters. The number of hydrogen-bond acceptors (Lipinski definition) is 7. The van der Waals surface area contributed by atoms with Crippen LogP contribution in [0.25, 0.3) is 0 Å². The van der Waals surface area contributed by atoms with Gasteiger partial charge in [0.2, 0.25) is 0 Å². The SMILES string of the molecule is CC(N)C(=O)OC(=O)C(CC(=O)O)S(=O)(=O)O. The number of esters is 2. The molecule has 0 aromatic rings. The van der Waals surface area contributed by atoms with Gasteiger partial charge in [0, 0.05) is 0 Å². The molecule has 0 rings (SSSR count). The minimum absolute atomic E-state index is 1.18. The standard InChI is InChI=1S/C7H11NO8S/c1-3(8)6(11)16-7(12)4(2-5(9)10)17(13,14)15/h3-4H,2,8H2,1H3,(H,9,10)(H,13,14,15). The van der Waals surface area contributed by atoms with Crippen LogP contribution < -0.4 is 5.73 Å². The molecule has 0 bridgehead atoms. The fourth-order valence-corrected chi connectivity index (χ4v) is 1.37. The van der Waals surface area contributed by atoms with Gasteiger partial charge in [0.1, 0.15) is 6.04 Å². The Kier molecular flexibility index (Phi) is 5.19. The van der Waals surface area contributed by atoms with Crippen LogP contribution in [-0.4, -0.2) is 47.3 Å². The van der Waals surface area contributed by atoms with Gasteiger partial charge in [-0.1, -0.05) is 0 Å². The minimum atomic E-state index is -4.98. The second kappa shape index (κ2) is 5.70. The number of nitrogens with two attached hydrogens (primary N) is 1. The first-order valence-electron chi connectivity index (χ1n) is 4.25. The summed E-state index contributed by atoms with van der Waals surface area (Å²) in [5, 5.41) is 5.99. The number of carboxylic acids is 1. The number of aliphatic carboxylic acids is 1. The van der Waals surface area contributed by atoms with E-state index < -0.39 is 45.7 Å². The molecule has 17 heavy (non-hydrogen) atoms. The smallest absolute Gasteiger partial charge is 0.335 e. The molecule has 0 aliphatic carbocycles. The molecule has 0 aromatic carbocycles. The highest BCUT2D eigenvalue weighted by atomic mass is 32.2. The van der Waals surface area contributed by atoms with Crippen LogP contribution >= 0.6 is 0 Å². The third-order valence-electron chi connectivity index (χ3n) is 1.56. The highest BCUT2D eigenvalue weighted by molar-refractivity contribution is 7.87. The van der Waals surface area contributed by atoms with Gasteiger partial charge in [0.25, 0.3) is 10.1 Å². The molecule has 0 heterocycles. The molecule has 0 aliphatic heterocycles. The predicted molar refractivity (Wildman–Crippen MR) is 52.3 cm³/mol. The second-order valence-electron chi connectivity index (χ2n) is 3.13. The molecule has 10 heteroatoms. The van der Waals surface area contributed by atoms with Gasteiger partial charge in [0.05, 0.1) is 6.42 Å². The number of ether oxygens (including phenoxy) is 1. The minimum Gasteiger partial charge on any atom is -0.481 e. The van der Waals surface area contributed by atoms with E-state index in [4.69, 9.17) is 15.4 Å². The molecule has 0 aromatic heterocycles. The lowest BCUT2D eigenvalue weighted by molar-refractivity contribution is -0.161. The summed E-state index contributed by atoms with van der Waals surface area (Å²) in [6, 6.07) is -1.19. The van der Waals surface area contributed by atoms with Crippen LogP contribution in [0.1, 0.15) is 13.3 Å². The zero-order valence-corrected chi connectivity index (χ0v) is 9.51. The van der Waals surface area contributed by atoms with Crippen molar-refractivity contribution in [2.24, 2.45) is 5.73 Å². The first-order chi connectivity index (χ1) is 7.55. The summed E-state index contributed by atoms with van der Waals surface area (Å²) in [7, 11) is -4.98. The largest absolute Gasteiger partial charge is 0.481 e. The van der Waals surface area contributed by atoms with Crippen LogP contribution in [0.3, 0.4) is 0 Å². The lowest BCUT2D eigenvalue weighted by Crippen LogP contribution is -2.38. The van der Waals surface area contributed by atoms with E-state index in [1.165, 1.54) is 6.92 Å². The summed E-state index contributed by atoms with van der Waals surface area (Å²) >= 11 is 0. The van der Waals surface area contributed by atoms with Gasteiger partial charge in [-0.2, -0.15) is 8.42 Å². The fourth-order valence-electron chi connectivity index (χ4n) is 0.727. The Hall–Kier alpha value is -1.52. The summed E-state index contributed by atoms with van der Waals surface area (Å²) in [6.07, 6.45) is -1.22. The third kappa shape index (κ3) is 5.38. The predicted octanol–water partition coefficient (Wildman–Crippen LogP) is -1.87. The Labute approximate surface area is 96.3 Å². The van der Waals surface area contributed by atoms with Crippen molar-refractivity contribution in [3.05, 3.63) is 0 Å². The van der Waals surface area contributed by atoms with Crippen LogP contribution in [0.4, 0.5) is 0 Å². The number of rotatable bonds is 5. The maximum absolute atomic E-state index is 11.1. The number of carbonyl (C=O) groups excluding carboxylic acids is 2. The van der Waals surface area contributed by atoms with E-state index in [0.717, 1.165) is 0 Å². The molecule has 0 amide bonds. The monoisotopic (exact) mass is 269 g/mol. The highest BCUT2D eigenvalue weighted by Crippen LogP contribution is 2.07. The molecule has 0 spiro atoms. The van der Waals surface area contributed by atoms with Gasteiger partial charge >= 0.3 is 17.9 Å². The fraction of sp³-hybridized carbons (Fsp3) is 0.571. The summed E-state index contributed by atoms with van der Waals surface area (Å²) in [6.45, 7) is 1.18. The van der Waals surface area contributed by atoms with E-state index in [2.05, 4.69) is 4.74 Å². The summed E-state index contributed by atoms with van der Waals surface area (Å²) in [5.74, 6) is -4.57. The maximum Gasteiger partial charge on any atom is 0.335 e. The zero-order chi connectivity index (χ0) is 13.8. The van der Waals surface area contributed by atoms with Crippen molar-refractivity contribution in [3.63, 3.8) is 0 Å². The quantitative estimate of drug-likeness (QED) is 0.295. The molecular formula is C7H11NO8S. The summed E-state index contributed by atoms with van der Waals surface area (Å²) in [4.78, 5) is 32.3. The molecule has 0 saturated heterocycles. The topological polar surface area (TPSA) is 161 Å². The van der Waals surface area contributed by atoms with E-state index in [1.54, 1.807) is 0 Å². The molecule has 0 saturated carbocycles. The van der Waals surface area contributed by atoms with Gasteiger partial charge in [-0.25, -0.2) is 4.79 Å². The van der Waals surface area contributed by atoms with Crippen LogP contribution in [-0.2, 0) is 29.2 Å². The van der Waals surface area contributed by atoms with Gasteiger partial charge < -0.3 is 15.6 Å². The summed E-state index contributed by atoms with van der Waals surface area (Å²) in [5.41, 5.74) is 5.04. The second-order valence-corrected chi connectivity index (χ2v) is 4.73. The molecule has 9 nitrogen and oxygen atoms in total. The van der Waals surface area contributed by atoms with Crippen molar-refractivity contribution in [3.8, 4) is 0 Å². The first kappa shape index (κ1) is 15.5.